The second-order valence-electron chi connectivity index (χ2n) is 5.31. The van der Waals surface area contributed by atoms with Crippen LogP contribution in [0.1, 0.15) is 24.8 Å². The van der Waals surface area contributed by atoms with Gasteiger partial charge in [0.2, 0.25) is 0 Å². The zero-order valence-corrected chi connectivity index (χ0v) is 10.3. The standard InChI is InChI=1S/C13H16N4O/c1-8-4-12-14-7-15-17(12)13(5-8)16-10-6-9-2-3-11(10)18-9/h4-5,7,9-11,16H,2-3,6H2,1H3. The van der Waals surface area contributed by atoms with E-state index in [-0.39, 0.29) is 0 Å². The van der Waals surface area contributed by atoms with Gasteiger partial charge in [-0.2, -0.15) is 9.61 Å². The van der Waals surface area contributed by atoms with Crippen LogP contribution < -0.4 is 5.32 Å². The van der Waals surface area contributed by atoms with Crippen LogP contribution in [0.25, 0.3) is 5.65 Å². The molecule has 0 amide bonds. The Morgan fingerprint density at radius 3 is 3.11 bits per heavy atom. The summed E-state index contributed by atoms with van der Waals surface area (Å²) in [6, 6.07) is 4.57. The fraction of sp³-hybridized carbons (Fsp3) is 0.538. The van der Waals surface area contributed by atoms with E-state index >= 15 is 0 Å². The minimum absolute atomic E-state index is 0.370. The largest absolute Gasteiger partial charge is 0.373 e. The number of nitrogens with zero attached hydrogens (tertiary/aromatic N) is 3. The number of anilines is 1. The lowest BCUT2D eigenvalue weighted by Crippen LogP contribution is -2.31. The van der Waals surface area contributed by atoms with E-state index in [0.29, 0.717) is 18.2 Å². The molecule has 94 valence electrons. The molecule has 2 aliphatic heterocycles. The molecule has 0 radical (unpaired) electrons. The van der Waals surface area contributed by atoms with Crippen molar-refractivity contribution >= 4 is 11.5 Å². The van der Waals surface area contributed by atoms with Crippen molar-refractivity contribution in [1.29, 1.82) is 0 Å². The number of pyridine rings is 1. The van der Waals surface area contributed by atoms with Gasteiger partial charge in [0, 0.05) is 0 Å². The number of nitrogens with one attached hydrogen (secondary N) is 1. The highest BCUT2D eigenvalue weighted by Crippen LogP contribution is 2.36. The molecule has 2 aromatic heterocycles. The molecule has 0 saturated carbocycles. The van der Waals surface area contributed by atoms with Gasteiger partial charge in [-0.3, -0.25) is 0 Å². The molecule has 18 heavy (non-hydrogen) atoms. The average Bonchev–Trinajstić information content (AvgIpc) is 3.02. The van der Waals surface area contributed by atoms with Crippen molar-refractivity contribution in [2.45, 2.75) is 44.4 Å². The van der Waals surface area contributed by atoms with Gasteiger partial charge >= 0.3 is 0 Å². The summed E-state index contributed by atoms with van der Waals surface area (Å²) in [4.78, 5) is 4.24. The maximum absolute atomic E-state index is 5.87. The third kappa shape index (κ3) is 1.50. The van der Waals surface area contributed by atoms with Gasteiger partial charge in [0.1, 0.15) is 12.1 Å². The second-order valence-corrected chi connectivity index (χ2v) is 5.31. The Bertz CT molecular complexity index is 594. The van der Waals surface area contributed by atoms with Gasteiger partial charge < -0.3 is 10.1 Å². The van der Waals surface area contributed by atoms with Gasteiger partial charge in [-0.05, 0) is 43.9 Å². The molecule has 0 spiro atoms. The molecule has 2 saturated heterocycles. The van der Waals surface area contributed by atoms with E-state index < -0.39 is 0 Å². The number of hydrogen-bond acceptors (Lipinski definition) is 4. The normalized spacial score (nSPS) is 30.2. The van der Waals surface area contributed by atoms with Gasteiger partial charge in [0.05, 0.1) is 18.2 Å². The van der Waals surface area contributed by atoms with E-state index in [1.54, 1.807) is 6.33 Å². The molecule has 1 N–H and O–H groups in total. The smallest absolute Gasteiger partial charge is 0.157 e. The lowest BCUT2D eigenvalue weighted by molar-refractivity contribution is 0.102. The van der Waals surface area contributed by atoms with Crippen molar-refractivity contribution in [1.82, 2.24) is 14.6 Å². The number of ether oxygens (including phenoxy) is 1. The van der Waals surface area contributed by atoms with Gasteiger partial charge in [0.25, 0.3) is 0 Å². The van der Waals surface area contributed by atoms with Gasteiger partial charge in [0.15, 0.2) is 5.65 Å². The monoisotopic (exact) mass is 244 g/mol. The molecule has 2 bridgehead atoms. The molecule has 3 atom stereocenters. The third-order valence-electron chi connectivity index (χ3n) is 3.96. The quantitative estimate of drug-likeness (QED) is 0.874. The molecule has 5 nitrogen and oxygen atoms in total. The molecule has 4 rings (SSSR count). The summed E-state index contributed by atoms with van der Waals surface area (Å²) in [5.41, 5.74) is 2.09. The van der Waals surface area contributed by atoms with Crippen LogP contribution in [0, 0.1) is 6.92 Å². The van der Waals surface area contributed by atoms with Crippen molar-refractivity contribution < 1.29 is 4.74 Å². The van der Waals surface area contributed by atoms with Gasteiger partial charge in [-0.15, -0.1) is 0 Å². The van der Waals surface area contributed by atoms with Crippen LogP contribution in [-0.2, 0) is 4.74 Å². The van der Waals surface area contributed by atoms with E-state index in [1.165, 1.54) is 18.4 Å². The van der Waals surface area contributed by atoms with Gasteiger partial charge in [-0.1, -0.05) is 0 Å². The Kier molecular flexibility index (Phi) is 2.11. The number of hydrogen-bond donors (Lipinski definition) is 1. The molecular formula is C13H16N4O. The zero-order valence-electron chi connectivity index (χ0n) is 10.3. The molecule has 0 aromatic carbocycles. The first-order valence-corrected chi connectivity index (χ1v) is 6.52. The molecule has 4 heterocycles. The minimum atomic E-state index is 0.370. The topological polar surface area (TPSA) is 51.5 Å². The van der Waals surface area contributed by atoms with E-state index in [0.717, 1.165) is 17.9 Å². The lowest BCUT2D eigenvalue weighted by Gasteiger charge is -2.21. The summed E-state index contributed by atoms with van der Waals surface area (Å²) >= 11 is 0. The minimum Gasteiger partial charge on any atom is -0.373 e. The molecule has 2 fully saturated rings. The summed E-state index contributed by atoms with van der Waals surface area (Å²) in [6.45, 7) is 2.08. The number of aryl methyl sites for hydroxylation is 1. The van der Waals surface area contributed by atoms with E-state index in [2.05, 4.69) is 28.4 Å². The predicted molar refractivity (Wildman–Crippen MR) is 67.6 cm³/mol. The Labute approximate surface area is 105 Å². The summed E-state index contributed by atoms with van der Waals surface area (Å²) in [5, 5.41) is 7.84. The van der Waals surface area contributed by atoms with Crippen LogP contribution >= 0.6 is 0 Å². The number of fused-ring (bicyclic) bond motifs is 3. The maximum Gasteiger partial charge on any atom is 0.157 e. The summed E-state index contributed by atoms with van der Waals surface area (Å²) in [7, 11) is 0. The van der Waals surface area contributed by atoms with Crippen LogP contribution in [0.15, 0.2) is 18.5 Å². The maximum atomic E-state index is 5.87. The fourth-order valence-corrected chi connectivity index (χ4v) is 3.14. The Balaban J connectivity index is 1.68. The predicted octanol–water partition coefficient (Wildman–Crippen LogP) is 1.77. The van der Waals surface area contributed by atoms with E-state index in [9.17, 15) is 0 Å². The SMILES string of the molecule is Cc1cc(NC2CC3CCC2O3)n2ncnc2c1. The zero-order chi connectivity index (χ0) is 12.1. The number of rotatable bonds is 2. The molecule has 2 aliphatic rings. The molecule has 2 aromatic rings. The Morgan fingerprint density at radius 1 is 1.39 bits per heavy atom. The molecule has 3 unspecified atom stereocenters. The fourth-order valence-electron chi connectivity index (χ4n) is 3.14. The third-order valence-corrected chi connectivity index (χ3v) is 3.96. The summed E-state index contributed by atoms with van der Waals surface area (Å²) < 4.78 is 7.73. The van der Waals surface area contributed by atoms with Crippen LogP contribution in [0.4, 0.5) is 5.82 Å². The van der Waals surface area contributed by atoms with Crippen LogP contribution in [0.3, 0.4) is 0 Å². The van der Waals surface area contributed by atoms with Gasteiger partial charge in [-0.25, -0.2) is 4.98 Å². The Morgan fingerprint density at radius 2 is 2.33 bits per heavy atom. The molecule has 0 aliphatic carbocycles. The molecule has 5 heteroatoms. The highest BCUT2D eigenvalue weighted by atomic mass is 16.5. The number of aromatic nitrogens is 3. The van der Waals surface area contributed by atoms with Crippen molar-refractivity contribution in [3.8, 4) is 0 Å². The van der Waals surface area contributed by atoms with Crippen LogP contribution in [0.5, 0.6) is 0 Å². The Hall–Kier alpha value is -1.62. The summed E-state index contributed by atoms with van der Waals surface area (Å²) in [5.74, 6) is 1.02. The van der Waals surface area contributed by atoms with Crippen molar-refractivity contribution in [2.75, 3.05) is 5.32 Å². The van der Waals surface area contributed by atoms with Crippen molar-refractivity contribution in [2.24, 2.45) is 0 Å². The highest BCUT2D eigenvalue weighted by molar-refractivity contribution is 5.52. The first-order valence-electron chi connectivity index (χ1n) is 6.52. The van der Waals surface area contributed by atoms with E-state index in [1.807, 2.05) is 10.6 Å². The first-order chi connectivity index (χ1) is 8.79. The van der Waals surface area contributed by atoms with Crippen LogP contribution in [-0.4, -0.2) is 32.8 Å². The van der Waals surface area contributed by atoms with Crippen molar-refractivity contribution in [3.63, 3.8) is 0 Å². The highest BCUT2D eigenvalue weighted by Gasteiger charge is 2.40. The molecular weight excluding hydrogens is 228 g/mol. The average molecular weight is 244 g/mol. The van der Waals surface area contributed by atoms with E-state index in [4.69, 9.17) is 4.74 Å². The summed E-state index contributed by atoms with van der Waals surface area (Å²) in [6.07, 6.45) is 5.92. The first kappa shape index (κ1) is 10.3. The van der Waals surface area contributed by atoms with Crippen LogP contribution in [0.2, 0.25) is 0 Å². The second kappa shape index (κ2) is 3.68. The van der Waals surface area contributed by atoms with Crippen molar-refractivity contribution in [3.05, 3.63) is 24.0 Å². The lowest BCUT2D eigenvalue weighted by atomic mass is 9.95.